The van der Waals surface area contributed by atoms with Gasteiger partial charge in [0.25, 0.3) is 5.91 Å². The molecule has 204 valence electrons. The summed E-state index contributed by atoms with van der Waals surface area (Å²) in [6.45, 7) is 1.05. The zero-order chi connectivity index (χ0) is 27.9. The number of nitrogens with one attached hydrogen (secondary N) is 3. The Labute approximate surface area is 234 Å². The molecule has 0 bridgehead atoms. The van der Waals surface area contributed by atoms with Crippen LogP contribution in [0, 0.1) is 0 Å². The van der Waals surface area contributed by atoms with E-state index in [1.807, 2.05) is 18.2 Å². The van der Waals surface area contributed by atoms with Crippen molar-refractivity contribution in [2.45, 2.75) is 31.2 Å². The van der Waals surface area contributed by atoms with E-state index in [2.05, 4.69) is 32.7 Å². The van der Waals surface area contributed by atoms with Crippen LogP contribution >= 0.6 is 23.2 Å². The fourth-order valence-electron chi connectivity index (χ4n) is 4.51. The smallest absolute Gasteiger partial charge is 0.346 e. The van der Waals surface area contributed by atoms with E-state index >= 15 is 0 Å². The molecule has 12 heteroatoms. The predicted molar refractivity (Wildman–Crippen MR) is 147 cm³/mol. The summed E-state index contributed by atoms with van der Waals surface area (Å²) in [5, 5.41) is 5.48. The molecule has 1 atom stereocenters. The van der Waals surface area contributed by atoms with E-state index in [9.17, 15) is 19.2 Å². The van der Waals surface area contributed by atoms with Crippen LogP contribution in [0.25, 0.3) is 0 Å². The van der Waals surface area contributed by atoms with Crippen LogP contribution < -0.4 is 16.3 Å². The number of piperidine rings is 1. The van der Waals surface area contributed by atoms with Gasteiger partial charge in [-0.05, 0) is 36.5 Å². The van der Waals surface area contributed by atoms with Crippen molar-refractivity contribution >= 4 is 46.9 Å². The number of carbonyl (C=O) groups excluding carboxylic acids is 3. The molecule has 2 aromatic carbocycles. The lowest BCUT2D eigenvalue weighted by molar-refractivity contribution is -0.142. The molecule has 3 N–H and O–H groups in total. The minimum absolute atomic E-state index is 0.00518. The standard InChI is InChI=1S/C27H27Cl2N5O5/c1-39-25(36)21(31-27(38)34-12-10-17(11-13-34)16-6-3-2-4-7-16)14-18-15-30-26(37)33-23(18)32-24(35)22-19(28)8-5-9-20(22)29/h2-9,15,17,21H,10-14H2,1H3,(H,31,38)(H2,30,32,33,35,37). The summed E-state index contributed by atoms with van der Waals surface area (Å²) in [6, 6.07) is 13.2. The van der Waals surface area contributed by atoms with Gasteiger partial charge in [0.15, 0.2) is 0 Å². The van der Waals surface area contributed by atoms with Crippen molar-refractivity contribution in [2.24, 2.45) is 0 Å². The number of esters is 1. The summed E-state index contributed by atoms with van der Waals surface area (Å²) in [7, 11) is 1.21. The zero-order valence-electron chi connectivity index (χ0n) is 21.1. The minimum atomic E-state index is -1.11. The molecule has 1 unspecified atom stereocenters. The number of hydrogen-bond donors (Lipinski definition) is 3. The molecule has 3 amide bonds. The van der Waals surface area contributed by atoms with Crippen molar-refractivity contribution in [3.05, 3.63) is 91.9 Å². The number of urea groups is 1. The van der Waals surface area contributed by atoms with Gasteiger partial charge in [-0.3, -0.25) is 4.79 Å². The lowest BCUT2D eigenvalue weighted by Gasteiger charge is -2.33. The molecule has 0 radical (unpaired) electrons. The van der Waals surface area contributed by atoms with Crippen molar-refractivity contribution in [3.8, 4) is 0 Å². The molecule has 2 heterocycles. The van der Waals surface area contributed by atoms with Crippen molar-refractivity contribution < 1.29 is 19.1 Å². The second-order valence-electron chi connectivity index (χ2n) is 9.03. The largest absolute Gasteiger partial charge is 0.467 e. The zero-order valence-corrected chi connectivity index (χ0v) is 22.6. The van der Waals surface area contributed by atoms with Gasteiger partial charge in [0.05, 0.1) is 22.7 Å². The molecule has 1 aromatic heterocycles. The Balaban J connectivity index is 1.47. The Hall–Kier alpha value is -3.89. The number of H-pyrrole nitrogens is 1. The first kappa shape index (κ1) is 28.1. The number of halogens is 2. The summed E-state index contributed by atoms with van der Waals surface area (Å²) in [5.41, 5.74) is 0.803. The molecule has 1 fully saturated rings. The predicted octanol–water partition coefficient (Wildman–Crippen LogP) is 4.00. The molecule has 1 aliphatic rings. The van der Waals surface area contributed by atoms with Crippen molar-refractivity contribution in [2.75, 3.05) is 25.5 Å². The number of amides is 3. The van der Waals surface area contributed by atoms with Gasteiger partial charge in [0.2, 0.25) is 0 Å². The molecule has 10 nitrogen and oxygen atoms in total. The maximum atomic E-state index is 13.1. The molecule has 0 aliphatic carbocycles. The van der Waals surface area contributed by atoms with Crippen LogP contribution in [0.5, 0.6) is 0 Å². The Kier molecular flexibility index (Phi) is 9.21. The van der Waals surface area contributed by atoms with E-state index in [1.165, 1.54) is 31.0 Å². The summed E-state index contributed by atoms with van der Waals surface area (Å²) < 4.78 is 4.91. The average molecular weight is 572 g/mol. The molecular formula is C27H27Cl2N5O5. The fourth-order valence-corrected chi connectivity index (χ4v) is 5.08. The third-order valence-corrected chi connectivity index (χ3v) is 7.20. The SMILES string of the molecule is COC(=O)C(Cc1c[nH]c(=O)nc1NC(=O)c1c(Cl)cccc1Cl)NC(=O)N1CCC(c2ccccc2)CC1. The number of aromatic nitrogens is 2. The number of benzene rings is 2. The topological polar surface area (TPSA) is 133 Å². The van der Waals surface area contributed by atoms with E-state index < -0.39 is 29.6 Å². The molecule has 1 aliphatic heterocycles. The van der Waals surface area contributed by atoms with Crippen LogP contribution in [0.2, 0.25) is 10.0 Å². The van der Waals surface area contributed by atoms with Gasteiger partial charge < -0.3 is 25.3 Å². The normalized spacial score (nSPS) is 14.4. The van der Waals surface area contributed by atoms with Crippen LogP contribution in [-0.4, -0.2) is 59.0 Å². The molecule has 0 saturated carbocycles. The van der Waals surface area contributed by atoms with Gasteiger partial charge in [-0.1, -0.05) is 59.6 Å². The lowest BCUT2D eigenvalue weighted by Crippen LogP contribution is -2.51. The van der Waals surface area contributed by atoms with Crippen molar-refractivity contribution in [1.29, 1.82) is 0 Å². The third kappa shape index (κ3) is 6.96. The Morgan fingerprint density at radius 3 is 2.38 bits per heavy atom. The summed E-state index contributed by atoms with van der Waals surface area (Å²) in [5.74, 6) is -1.13. The first-order valence-electron chi connectivity index (χ1n) is 12.3. The summed E-state index contributed by atoms with van der Waals surface area (Å²) >= 11 is 12.3. The van der Waals surface area contributed by atoms with Crippen LogP contribution in [-0.2, 0) is 16.0 Å². The van der Waals surface area contributed by atoms with Gasteiger partial charge in [-0.2, -0.15) is 4.98 Å². The number of rotatable bonds is 7. The van der Waals surface area contributed by atoms with Gasteiger partial charge in [0, 0.05) is 31.3 Å². The number of anilines is 1. The third-order valence-electron chi connectivity index (χ3n) is 6.57. The quantitative estimate of drug-likeness (QED) is 0.367. The molecule has 4 rings (SSSR count). The number of carbonyl (C=O) groups is 3. The second-order valence-corrected chi connectivity index (χ2v) is 9.85. The van der Waals surface area contributed by atoms with Crippen LogP contribution in [0.15, 0.2) is 59.5 Å². The minimum Gasteiger partial charge on any atom is -0.467 e. The average Bonchev–Trinajstić information content (AvgIpc) is 2.94. The number of ether oxygens (including phenoxy) is 1. The highest BCUT2D eigenvalue weighted by atomic mass is 35.5. The van der Waals surface area contributed by atoms with Gasteiger partial charge >= 0.3 is 17.7 Å². The Bertz CT molecular complexity index is 1390. The Morgan fingerprint density at radius 2 is 1.74 bits per heavy atom. The molecular weight excluding hydrogens is 545 g/mol. The van der Waals surface area contributed by atoms with Crippen molar-refractivity contribution in [1.82, 2.24) is 20.2 Å². The van der Waals surface area contributed by atoms with E-state index in [0.29, 0.717) is 19.0 Å². The maximum Gasteiger partial charge on any atom is 0.346 e. The second kappa shape index (κ2) is 12.8. The van der Waals surface area contributed by atoms with Crippen molar-refractivity contribution in [3.63, 3.8) is 0 Å². The molecule has 3 aromatic rings. The van der Waals surface area contributed by atoms with E-state index in [0.717, 1.165) is 12.8 Å². The number of nitrogens with zero attached hydrogens (tertiary/aromatic N) is 2. The maximum absolute atomic E-state index is 13.1. The monoisotopic (exact) mass is 571 g/mol. The van der Waals surface area contributed by atoms with Crippen LogP contribution in [0.4, 0.5) is 10.6 Å². The van der Waals surface area contributed by atoms with Gasteiger partial charge in [-0.25, -0.2) is 14.4 Å². The first-order chi connectivity index (χ1) is 18.8. The summed E-state index contributed by atoms with van der Waals surface area (Å²) in [4.78, 5) is 58.5. The van der Waals surface area contributed by atoms with Crippen LogP contribution in [0.1, 0.15) is 40.2 Å². The Morgan fingerprint density at radius 1 is 1.08 bits per heavy atom. The van der Waals surface area contributed by atoms with E-state index in [-0.39, 0.29) is 33.4 Å². The van der Waals surface area contributed by atoms with Gasteiger partial charge in [-0.15, -0.1) is 0 Å². The number of aromatic amines is 1. The highest BCUT2D eigenvalue weighted by Gasteiger charge is 2.29. The lowest BCUT2D eigenvalue weighted by atomic mass is 9.89. The molecule has 0 spiro atoms. The van der Waals surface area contributed by atoms with E-state index in [4.69, 9.17) is 27.9 Å². The van der Waals surface area contributed by atoms with E-state index in [1.54, 1.807) is 11.0 Å². The fraction of sp³-hybridized carbons (Fsp3) is 0.296. The highest BCUT2D eigenvalue weighted by molar-refractivity contribution is 6.40. The molecule has 39 heavy (non-hydrogen) atoms. The summed E-state index contributed by atoms with van der Waals surface area (Å²) in [6.07, 6.45) is 2.79. The van der Waals surface area contributed by atoms with Gasteiger partial charge in [0.1, 0.15) is 11.9 Å². The van der Waals surface area contributed by atoms with Crippen LogP contribution in [0.3, 0.4) is 0 Å². The number of likely N-dealkylation sites (tertiary alicyclic amines) is 1. The molecule has 1 saturated heterocycles. The number of methoxy groups -OCH3 is 1. The first-order valence-corrected chi connectivity index (χ1v) is 13.0. The highest BCUT2D eigenvalue weighted by Crippen LogP contribution is 2.28. The number of hydrogen-bond acceptors (Lipinski definition) is 6.